The molecule has 0 atom stereocenters. The van der Waals surface area contributed by atoms with Crippen LogP contribution in [0.3, 0.4) is 0 Å². The highest BCUT2D eigenvalue weighted by Gasteiger charge is 2.36. The second kappa shape index (κ2) is 3.57. The van der Waals surface area contributed by atoms with Crippen LogP contribution in [0.4, 0.5) is 5.69 Å². The van der Waals surface area contributed by atoms with Gasteiger partial charge in [0.1, 0.15) is 6.00 Å². The summed E-state index contributed by atoms with van der Waals surface area (Å²) in [4.78, 5) is 33.9. The third-order valence-electron chi connectivity index (χ3n) is 2.28. The van der Waals surface area contributed by atoms with Crippen LogP contribution < -0.4 is 0 Å². The number of alkyl halides is 1. The van der Waals surface area contributed by atoms with Crippen LogP contribution in [-0.4, -0.2) is 27.6 Å². The van der Waals surface area contributed by atoms with Crippen LogP contribution in [0.15, 0.2) is 18.2 Å². The monoisotopic (exact) mass is 240 g/mol. The minimum Gasteiger partial charge on any atom is -0.269 e. The van der Waals surface area contributed by atoms with Crippen molar-refractivity contribution in [3.8, 4) is 0 Å². The first-order valence-electron chi connectivity index (χ1n) is 4.27. The molecule has 0 fully saturated rings. The normalized spacial score (nSPS) is 14.2. The van der Waals surface area contributed by atoms with Gasteiger partial charge in [-0.3, -0.25) is 24.6 Å². The van der Waals surface area contributed by atoms with Gasteiger partial charge in [0.15, 0.2) is 0 Å². The molecule has 6 nitrogen and oxygen atoms in total. The van der Waals surface area contributed by atoms with Crippen LogP contribution in [0, 0.1) is 10.1 Å². The SMILES string of the molecule is O=C1c2ccc([N+](=O)[O-])cc2C(=O)N1CCl. The fourth-order valence-electron chi connectivity index (χ4n) is 1.50. The van der Waals surface area contributed by atoms with E-state index in [0.717, 1.165) is 11.0 Å². The van der Waals surface area contributed by atoms with Crippen molar-refractivity contribution in [2.45, 2.75) is 0 Å². The molecular formula is C9H5ClN2O4. The molecule has 0 radical (unpaired) electrons. The lowest BCUT2D eigenvalue weighted by molar-refractivity contribution is -0.384. The summed E-state index contributed by atoms with van der Waals surface area (Å²) >= 11 is 5.44. The summed E-state index contributed by atoms with van der Waals surface area (Å²) in [6.45, 7) is 0. The van der Waals surface area contributed by atoms with Gasteiger partial charge >= 0.3 is 0 Å². The van der Waals surface area contributed by atoms with Gasteiger partial charge in [0.05, 0.1) is 16.1 Å². The molecule has 1 aliphatic rings. The molecule has 0 aromatic heterocycles. The Kier molecular flexibility index (Phi) is 2.35. The number of imide groups is 1. The number of halogens is 1. The van der Waals surface area contributed by atoms with Gasteiger partial charge in [-0.25, -0.2) is 0 Å². The summed E-state index contributed by atoms with van der Waals surface area (Å²) in [5.74, 6) is -1.12. The summed E-state index contributed by atoms with van der Waals surface area (Å²) < 4.78 is 0. The minimum absolute atomic E-state index is 0.0276. The molecule has 0 unspecified atom stereocenters. The van der Waals surface area contributed by atoms with Gasteiger partial charge < -0.3 is 0 Å². The summed E-state index contributed by atoms with van der Waals surface area (Å²) in [7, 11) is 0. The molecule has 7 heteroatoms. The van der Waals surface area contributed by atoms with Crippen LogP contribution in [0.25, 0.3) is 0 Å². The molecule has 0 bridgehead atoms. The zero-order chi connectivity index (χ0) is 11.9. The molecule has 0 saturated carbocycles. The summed E-state index contributed by atoms with van der Waals surface area (Å²) in [5.41, 5.74) is -0.0487. The van der Waals surface area contributed by atoms with Gasteiger partial charge in [0.25, 0.3) is 17.5 Å². The Balaban J connectivity index is 2.56. The Labute approximate surface area is 94.6 Å². The Morgan fingerprint density at radius 3 is 2.44 bits per heavy atom. The van der Waals surface area contributed by atoms with Crippen molar-refractivity contribution < 1.29 is 14.5 Å². The number of nitro benzene ring substituents is 1. The van der Waals surface area contributed by atoms with Crippen molar-refractivity contribution in [1.82, 2.24) is 4.90 Å². The number of carbonyl (C=O) groups excluding carboxylic acids is 2. The van der Waals surface area contributed by atoms with Gasteiger partial charge in [-0.2, -0.15) is 0 Å². The van der Waals surface area contributed by atoms with Gasteiger partial charge in [0, 0.05) is 12.1 Å². The Hall–Kier alpha value is -1.95. The van der Waals surface area contributed by atoms with Crippen LogP contribution in [-0.2, 0) is 0 Å². The number of hydrogen-bond donors (Lipinski definition) is 0. The number of amides is 2. The van der Waals surface area contributed by atoms with Gasteiger partial charge in [0.2, 0.25) is 0 Å². The van der Waals surface area contributed by atoms with Crippen LogP contribution in [0.2, 0.25) is 0 Å². The highest BCUT2D eigenvalue weighted by molar-refractivity contribution is 6.27. The van der Waals surface area contributed by atoms with Crippen LogP contribution >= 0.6 is 11.6 Å². The number of nitrogens with zero attached hydrogens (tertiary/aromatic N) is 2. The first kappa shape index (κ1) is 10.6. The van der Waals surface area contributed by atoms with Crippen molar-refractivity contribution in [3.63, 3.8) is 0 Å². The van der Waals surface area contributed by atoms with Gasteiger partial charge in [-0.1, -0.05) is 0 Å². The standard InChI is InChI=1S/C9H5ClN2O4/c10-4-11-8(13)6-2-1-5(12(15)16)3-7(6)9(11)14/h1-3H,4H2. The van der Waals surface area contributed by atoms with Crippen molar-refractivity contribution in [2.75, 3.05) is 6.00 Å². The minimum atomic E-state index is -0.624. The molecule has 0 aliphatic carbocycles. The molecule has 1 aromatic rings. The van der Waals surface area contributed by atoms with Crippen molar-refractivity contribution in [3.05, 3.63) is 39.4 Å². The average Bonchev–Trinajstić information content (AvgIpc) is 2.51. The van der Waals surface area contributed by atoms with E-state index in [4.69, 9.17) is 11.6 Å². The van der Waals surface area contributed by atoms with E-state index < -0.39 is 16.7 Å². The third-order valence-corrected chi connectivity index (χ3v) is 2.52. The number of fused-ring (bicyclic) bond motifs is 1. The number of carbonyl (C=O) groups is 2. The second-order valence-electron chi connectivity index (χ2n) is 3.14. The van der Waals surface area contributed by atoms with Crippen LogP contribution in [0.1, 0.15) is 20.7 Å². The van der Waals surface area contributed by atoms with E-state index >= 15 is 0 Å². The lowest BCUT2D eigenvalue weighted by Crippen LogP contribution is -2.28. The maximum atomic E-state index is 11.6. The molecule has 1 heterocycles. The van der Waals surface area contributed by atoms with E-state index in [1.165, 1.54) is 12.1 Å². The summed E-state index contributed by atoms with van der Waals surface area (Å²) in [5, 5.41) is 10.5. The highest BCUT2D eigenvalue weighted by Crippen LogP contribution is 2.26. The molecule has 0 spiro atoms. The Bertz CT molecular complexity index is 514. The fraction of sp³-hybridized carbons (Fsp3) is 0.111. The van der Waals surface area contributed by atoms with Crippen molar-refractivity contribution in [2.24, 2.45) is 0 Å². The smallest absolute Gasteiger partial charge is 0.269 e. The lowest BCUT2D eigenvalue weighted by Gasteiger charge is -2.06. The van der Waals surface area contributed by atoms with E-state index in [-0.39, 0.29) is 22.8 Å². The first-order chi connectivity index (χ1) is 7.56. The topological polar surface area (TPSA) is 80.5 Å². The predicted molar refractivity (Wildman–Crippen MR) is 54.3 cm³/mol. The Morgan fingerprint density at radius 2 is 1.88 bits per heavy atom. The van der Waals surface area contributed by atoms with E-state index in [1.54, 1.807) is 0 Å². The largest absolute Gasteiger partial charge is 0.270 e. The molecular weight excluding hydrogens is 236 g/mol. The number of non-ortho nitro benzene ring substituents is 1. The number of rotatable bonds is 2. The van der Waals surface area contributed by atoms with Gasteiger partial charge in [-0.05, 0) is 6.07 Å². The predicted octanol–water partition coefficient (Wildman–Crippen LogP) is 1.39. The van der Waals surface area contributed by atoms with E-state index in [0.29, 0.717) is 0 Å². The first-order valence-corrected chi connectivity index (χ1v) is 4.80. The number of hydrogen-bond acceptors (Lipinski definition) is 4. The molecule has 0 N–H and O–H groups in total. The highest BCUT2D eigenvalue weighted by atomic mass is 35.5. The molecule has 16 heavy (non-hydrogen) atoms. The van der Waals surface area contributed by atoms with Crippen molar-refractivity contribution >= 4 is 29.1 Å². The van der Waals surface area contributed by atoms with E-state index in [9.17, 15) is 19.7 Å². The lowest BCUT2D eigenvalue weighted by atomic mass is 10.1. The molecule has 82 valence electrons. The fourth-order valence-corrected chi connectivity index (χ4v) is 1.72. The number of nitro groups is 1. The maximum Gasteiger partial charge on any atom is 0.270 e. The van der Waals surface area contributed by atoms with Crippen LogP contribution in [0.5, 0.6) is 0 Å². The maximum absolute atomic E-state index is 11.6. The average molecular weight is 241 g/mol. The Morgan fingerprint density at radius 1 is 1.25 bits per heavy atom. The molecule has 2 rings (SSSR count). The summed E-state index contributed by atoms with van der Waals surface area (Å²) in [6, 6.07) is 3.27. The van der Waals surface area contributed by atoms with E-state index in [2.05, 4.69) is 0 Å². The second-order valence-corrected chi connectivity index (χ2v) is 3.38. The molecule has 0 saturated heterocycles. The third kappa shape index (κ3) is 1.35. The zero-order valence-corrected chi connectivity index (χ0v) is 8.60. The molecule has 1 aliphatic heterocycles. The van der Waals surface area contributed by atoms with E-state index in [1.807, 2.05) is 0 Å². The zero-order valence-electron chi connectivity index (χ0n) is 7.84. The van der Waals surface area contributed by atoms with Gasteiger partial charge in [-0.15, -0.1) is 11.6 Å². The number of benzene rings is 1. The van der Waals surface area contributed by atoms with Crippen molar-refractivity contribution in [1.29, 1.82) is 0 Å². The summed E-state index contributed by atoms with van der Waals surface area (Å²) in [6.07, 6.45) is 0. The molecule has 1 aromatic carbocycles. The molecule has 2 amide bonds. The quantitative estimate of drug-likeness (QED) is 0.257.